The lowest BCUT2D eigenvalue weighted by Gasteiger charge is -2.30. The highest BCUT2D eigenvalue weighted by Crippen LogP contribution is 2.17. The van der Waals surface area contributed by atoms with Crippen molar-refractivity contribution in [2.45, 2.75) is 32.2 Å². The first-order valence-electron chi connectivity index (χ1n) is 3.54. The molecule has 0 aromatic carbocycles. The van der Waals surface area contributed by atoms with Crippen molar-refractivity contribution in [3.05, 3.63) is 0 Å². The van der Waals surface area contributed by atoms with E-state index in [4.69, 9.17) is 9.47 Å². The minimum atomic E-state index is -1.12. The molecule has 1 aliphatic heterocycles. The van der Waals surface area contributed by atoms with Crippen molar-refractivity contribution in [1.82, 2.24) is 0 Å². The number of hydrogen-bond donors (Lipinski definition) is 0. The first-order valence-corrected chi connectivity index (χ1v) is 3.54. The fourth-order valence-corrected chi connectivity index (χ4v) is 0.889. The Kier molecular flexibility index (Phi) is 2.28. The molecule has 1 aliphatic rings. The Labute approximate surface area is 60.9 Å². The summed E-state index contributed by atoms with van der Waals surface area (Å²) in [5.74, 6) is 0. The summed E-state index contributed by atoms with van der Waals surface area (Å²) in [5.41, 5.74) is -1.12. The highest BCUT2D eigenvalue weighted by Gasteiger charge is 2.32. The highest BCUT2D eigenvalue weighted by atomic mass is 16.7. The third kappa shape index (κ3) is 1.94. The van der Waals surface area contributed by atoms with Crippen molar-refractivity contribution in [3.63, 3.8) is 0 Å². The van der Waals surface area contributed by atoms with Gasteiger partial charge in [0.25, 0.3) is 0 Å². The van der Waals surface area contributed by atoms with Crippen LogP contribution in [0.15, 0.2) is 0 Å². The molecule has 0 aliphatic carbocycles. The Balaban J connectivity index is 2.39. The van der Waals surface area contributed by atoms with E-state index in [9.17, 15) is 5.11 Å². The van der Waals surface area contributed by atoms with Crippen molar-refractivity contribution in [1.29, 1.82) is 0 Å². The molecule has 0 bridgehead atoms. The topological polar surface area (TPSA) is 38.4 Å². The maximum Gasteiger partial charge on any atom is 0.189 e. The summed E-state index contributed by atoms with van der Waals surface area (Å²) in [4.78, 5) is 0. The molecule has 0 spiro atoms. The molecule has 0 aromatic rings. The summed E-state index contributed by atoms with van der Waals surface area (Å²) < 4.78 is 10.2. The molecular weight excluding hydrogens is 132 g/mol. The van der Waals surface area contributed by atoms with Crippen molar-refractivity contribution in [2.24, 2.45) is 0 Å². The van der Waals surface area contributed by atoms with Gasteiger partial charge in [0, 0.05) is 0 Å². The number of hydrogen-bond acceptors (Lipinski definition) is 2. The van der Waals surface area contributed by atoms with E-state index in [1.165, 1.54) is 0 Å². The molecule has 1 heterocycles. The normalized spacial score (nSPS) is 23.1. The molecule has 0 atom stereocenters. The second-order valence-electron chi connectivity index (χ2n) is 3.03. The third-order valence-corrected chi connectivity index (χ3v) is 1.39. The molecule has 1 fully saturated rings. The van der Waals surface area contributed by atoms with Crippen LogP contribution >= 0.6 is 0 Å². The largest absolute Gasteiger partial charge is 0.350 e. The van der Waals surface area contributed by atoms with Gasteiger partial charge in [0.05, 0.1) is 13.2 Å². The van der Waals surface area contributed by atoms with Crippen LogP contribution in [-0.2, 0) is 14.6 Å². The van der Waals surface area contributed by atoms with Crippen molar-refractivity contribution in [3.8, 4) is 0 Å². The van der Waals surface area contributed by atoms with Crippen LogP contribution in [0.3, 0.4) is 0 Å². The average Bonchev–Trinajstić information content (AvgIpc) is 1.88. The van der Waals surface area contributed by atoms with E-state index < -0.39 is 11.9 Å². The zero-order valence-electron chi connectivity index (χ0n) is 6.42. The molecule has 1 radical (unpaired) electrons. The Hall–Kier alpha value is -0.120. The summed E-state index contributed by atoms with van der Waals surface area (Å²) in [6.45, 7) is 4.44. The second-order valence-corrected chi connectivity index (χ2v) is 3.03. The lowest BCUT2D eigenvalue weighted by atomic mass is 10.1. The second kappa shape index (κ2) is 2.86. The van der Waals surface area contributed by atoms with Gasteiger partial charge in [-0.15, -0.1) is 0 Å². The minimum Gasteiger partial charge on any atom is -0.350 e. The molecule has 10 heavy (non-hydrogen) atoms. The quantitative estimate of drug-likeness (QED) is 0.551. The van der Waals surface area contributed by atoms with Gasteiger partial charge < -0.3 is 9.47 Å². The summed E-state index contributed by atoms with van der Waals surface area (Å²) in [5, 5.41) is 11.2. The smallest absolute Gasteiger partial charge is 0.189 e. The number of rotatable bonds is 1. The molecule has 0 amide bonds. The Morgan fingerprint density at radius 3 is 2.10 bits per heavy atom. The van der Waals surface area contributed by atoms with Crippen LogP contribution in [0.2, 0.25) is 0 Å². The standard InChI is InChI=1S/C7H13O3/c1-7(2,8)6-9-4-3-5-10-6/h6H,3-5H2,1-2H3. The van der Waals surface area contributed by atoms with E-state index in [0.29, 0.717) is 13.2 Å². The lowest BCUT2D eigenvalue weighted by Crippen LogP contribution is -2.42. The van der Waals surface area contributed by atoms with E-state index in [0.717, 1.165) is 6.42 Å². The van der Waals surface area contributed by atoms with Gasteiger partial charge in [-0.2, -0.15) is 0 Å². The first-order chi connectivity index (χ1) is 4.61. The zero-order chi connectivity index (χ0) is 7.61. The van der Waals surface area contributed by atoms with Gasteiger partial charge >= 0.3 is 0 Å². The van der Waals surface area contributed by atoms with Gasteiger partial charge in [-0.1, -0.05) is 0 Å². The predicted octanol–water partition coefficient (Wildman–Crippen LogP) is 0.958. The van der Waals surface area contributed by atoms with Gasteiger partial charge in [-0.05, 0) is 20.3 Å². The molecule has 0 saturated carbocycles. The third-order valence-electron chi connectivity index (χ3n) is 1.39. The molecule has 1 rings (SSSR count). The Bertz CT molecular complexity index is 99.9. The molecule has 59 valence electrons. The van der Waals surface area contributed by atoms with Crippen LogP contribution in [-0.4, -0.2) is 25.1 Å². The van der Waals surface area contributed by atoms with E-state index >= 15 is 0 Å². The molecule has 0 aromatic heterocycles. The number of ether oxygens (including phenoxy) is 2. The first kappa shape index (κ1) is 7.98. The van der Waals surface area contributed by atoms with Crippen LogP contribution in [0.25, 0.3) is 0 Å². The summed E-state index contributed by atoms with van der Waals surface area (Å²) in [6, 6.07) is 0. The van der Waals surface area contributed by atoms with E-state index in [2.05, 4.69) is 0 Å². The van der Waals surface area contributed by atoms with Crippen LogP contribution < -0.4 is 0 Å². The highest BCUT2D eigenvalue weighted by molar-refractivity contribution is 4.71. The Morgan fingerprint density at radius 1 is 1.30 bits per heavy atom. The fraction of sp³-hybridized carbons (Fsp3) is 1.00. The molecule has 1 saturated heterocycles. The van der Waals surface area contributed by atoms with Crippen molar-refractivity contribution < 1.29 is 14.6 Å². The predicted molar refractivity (Wildman–Crippen MR) is 35.1 cm³/mol. The molecule has 0 N–H and O–H groups in total. The average molecular weight is 145 g/mol. The molecule has 3 heteroatoms. The minimum absolute atomic E-state index is 0.554. The lowest BCUT2D eigenvalue weighted by molar-refractivity contribution is -0.266. The van der Waals surface area contributed by atoms with Crippen LogP contribution in [0.5, 0.6) is 0 Å². The van der Waals surface area contributed by atoms with Crippen LogP contribution in [0.4, 0.5) is 0 Å². The Morgan fingerprint density at radius 2 is 1.80 bits per heavy atom. The van der Waals surface area contributed by atoms with Crippen LogP contribution in [0.1, 0.15) is 20.3 Å². The van der Waals surface area contributed by atoms with Gasteiger partial charge in [-0.25, -0.2) is 5.11 Å². The van der Waals surface area contributed by atoms with E-state index in [-0.39, 0.29) is 0 Å². The van der Waals surface area contributed by atoms with Gasteiger partial charge in [0.15, 0.2) is 6.29 Å². The molecule has 0 unspecified atom stereocenters. The fourth-order valence-electron chi connectivity index (χ4n) is 0.889. The summed E-state index contributed by atoms with van der Waals surface area (Å²) >= 11 is 0. The van der Waals surface area contributed by atoms with E-state index in [1.807, 2.05) is 0 Å². The summed E-state index contributed by atoms with van der Waals surface area (Å²) in [7, 11) is 0. The zero-order valence-corrected chi connectivity index (χ0v) is 6.42. The summed E-state index contributed by atoms with van der Waals surface area (Å²) in [6.07, 6.45) is 0.341. The molecule has 3 nitrogen and oxygen atoms in total. The van der Waals surface area contributed by atoms with E-state index in [1.54, 1.807) is 13.8 Å². The SMILES string of the molecule is CC(C)([O])C1OCCCO1. The monoisotopic (exact) mass is 145 g/mol. The van der Waals surface area contributed by atoms with Crippen LogP contribution in [0, 0.1) is 0 Å². The maximum absolute atomic E-state index is 11.2. The van der Waals surface area contributed by atoms with Gasteiger partial charge in [0.2, 0.25) is 0 Å². The van der Waals surface area contributed by atoms with Gasteiger partial charge in [-0.3, -0.25) is 0 Å². The van der Waals surface area contributed by atoms with Gasteiger partial charge in [0.1, 0.15) is 5.60 Å². The van der Waals surface area contributed by atoms with Crippen molar-refractivity contribution >= 4 is 0 Å². The maximum atomic E-state index is 11.2. The molecular formula is C7H13O3. The van der Waals surface area contributed by atoms with Crippen molar-refractivity contribution in [2.75, 3.05) is 13.2 Å².